The van der Waals surface area contributed by atoms with E-state index in [4.69, 9.17) is 4.74 Å². The van der Waals surface area contributed by atoms with Gasteiger partial charge in [-0.25, -0.2) is 13.1 Å². The van der Waals surface area contributed by atoms with Crippen molar-refractivity contribution in [3.8, 4) is 0 Å². The normalized spacial score (nSPS) is 19.9. The van der Waals surface area contributed by atoms with E-state index in [1.54, 1.807) is 0 Å². The molecule has 1 atom stereocenters. The Morgan fingerprint density at radius 2 is 2.28 bits per heavy atom. The highest BCUT2D eigenvalue weighted by Crippen LogP contribution is 2.20. The Kier molecular flexibility index (Phi) is 3.90. The summed E-state index contributed by atoms with van der Waals surface area (Å²) in [6.45, 7) is 2.21. The third-order valence-corrected chi connectivity index (χ3v) is 4.90. The van der Waals surface area contributed by atoms with Crippen molar-refractivity contribution in [2.75, 3.05) is 18.5 Å². The summed E-state index contributed by atoms with van der Waals surface area (Å²) >= 11 is 0.806. The molecule has 2 N–H and O–H groups in total. The summed E-state index contributed by atoms with van der Waals surface area (Å²) in [5.74, 6) is -0.327. The molecule has 10 heteroatoms. The molecule has 0 radical (unpaired) electrons. The van der Waals surface area contributed by atoms with Gasteiger partial charge in [-0.15, -0.1) is 10.2 Å². The van der Waals surface area contributed by atoms with Crippen molar-refractivity contribution in [2.45, 2.75) is 23.7 Å². The third-order valence-electron chi connectivity index (χ3n) is 2.17. The maximum absolute atomic E-state index is 11.9. The van der Waals surface area contributed by atoms with Crippen LogP contribution in [0.3, 0.4) is 0 Å². The van der Waals surface area contributed by atoms with Gasteiger partial charge >= 0.3 is 0 Å². The quantitative estimate of drug-likeness (QED) is 0.728. The van der Waals surface area contributed by atoms with Crippen LogP contribution in [0.1, 0.15) is 13.3 Å². The number of hydrogen-bond acceptors (Lipinski definition) is 7. The molecule has 0 bridgehead atoms. The predicted molar refractivity (Wildman–Crippen MR) is 63.8 cm³/mol. The van der Waals surface area contributed by atoms with E-state index < -0.39 is 10.0 Å². The second kappa shape index (κ2) is 5.26. The van der Waals surface area contributed by atoms with Crippen LogP contribution >= 0.6 is 11.3 Å². The summed E-state index contributed by atoms with van der Waals surface area (Å²) in [6.07, 6.45) is 0.636. The number of nitrogens with zero attached hydrogens (tertiary/aromatic N) is 2. The van der Waals surface area contributed by atoms with Gasteiger partial charge in [-0.1, -0.05) is 11.3 Å². The number of nitrogens with one attached hydrogen (secondary N) is 2. The van der Waals surface area contributed by atoms with E-state index in [1.807, 2.05) is 0 Å². The molecule has 0 aliphatic carbocycles. The smallest absolute Gasteiger partial charge is 0.270 e. The van der Waals surface area contributed by atoms with E-state index in [9.17, 15) is 13.2 Å². The fourth-order valence-corrected chi connectivity index (χ4v) is 3.63. The van der Waals surface area contributed by atoms with Gasteiger partial charge in [0.2, 0.25) is 15.4 Å². The summed E-state index contributed by atoms with van der Waals surface area (Å²) in [6, 6.07) is -0.233. The Morgan fingerprint density at radius 3 is 2.89 bits per heavy atom. The molecule has 2 rings (SSSR count). The molecule has 1 aromatic heterocycles. The van der Waals surface area contributed by atoms with Gasteiger partial charge in [0.05, 0.1) is 6.61 Å². The molecular formula is C8H12N4O4S2. The van der Waals surface area contributed by atoms with Crippen LogP contribution in [0, 0.1) is 0 Å². The van der Waals surface area contributed by atoms with E-state index in [1.165, 1.54) is 6.92 Å². The van der Waals surface area contributed by atoms with Crippen LogP contribution in [0.15, 0.2) is 4.34 Å². The number of carbonyl (C=O) groups is 1. The minimum atomic E-state index is -3.70. The van der Waals surface area contributed by atoms with Crippen molar-refractivity contribution < 1.29 is 17.9 Å². The summed E-state index contributed by atoms with van der Waals surface area (Å²) in [7, 11) is -3.70. The molecule has 1 aromatic rings. The molecule has 1 amide bonds. The van der Waals surface area contributed by atoms with E-state index in [2.05, 4.69) is 20.2 Å². The zero-order valence-corrected chi connectivity index (χ0v) is 11.2. The Balaban J connectivity index is 2.09. The number of carbonyl (C=O) groups excluding carboxylic acids is 1. The van der Waals surface area contributed by atoms with Crippen molar-refractivity contribution in [1.82, 2.24) is 14.9 Å². The van der Waals surface area contributed by atoms with Crippen LogP contribution in [-0.4, -0.2) is 43.8 Å². The number of hydrogen-bond donors (Lipinski definition) is 2. The van der Waals surface area contributed by atoms with Crippen LogP contribution < -0.4 is 10.0 Å². The van der Waals surface area contributed by atoms with Gasteiger partial charge in [0, 0.05) is 19.6 Å². The molecule has 8 nitrogen and oxygen atoms in total. The molecule has 0 spiro atoms. The fraction of sp³-hybridized carbons (Fsp3) is 0.625. The first kappa shape index (κ1) is 13.3. The van der Waals surface area contributed by atoms with Crippen LogP contribution in [0.25, 0.3) is 0 Å². The number of anilines is 1. The van der Waals surface area contributed by atoms with Gasteiger partial charge in [-0.05, 0) is 6.42 Å². The zero-order valence-electron chi connectivity index (χ0n) is 9.54. The molecule has 0 aromatic carbocycles. The van der Waals surface area contributed by atoms with Crippen molar-refractivity contribution in [3.63, 3.8) is 0 Å². The number of ether oxygens (including phenoxy) is 1. The van der Waals surface area contributed by atoms with Crippen LogP contribution in [0.5, 0.6) is 0 Å². The van der Waals surface area contributed by atoms with Gasteiger partial charge in [-0.3, -0.25) is 4.79 Å². The van der Waals surface area contributed by atoms with Gasteiger partial charge in [0.1, 0.15) is 0 Å². The predicted octanol–water partition coefficient (Wildman–Crippen LogP) is -0.436. The molecule has 100 valence electrons. The molecular weight excluding hydrogens is 280 g/mol. The molecule has 1 aliphatic rings. The first-order valence-corrected chi connectivity index (χ1v) is 7.48. The third kappa shape index (κ3) is 3.22. The summed E-state index contributed by atoms with van der Waals surface area (Å²) in [5, 5.41) is 9.67. The highest BCUT2D eigenvalue weighted by molar-refractivity contribution is 7.91. The van der Waals surface area contributed by atoms with E-state index in [0.717, 1.165) is 11.3 Å². The van der Waals surface area contributed by atoms with Crippen molar-refractivity contribution in [3.05, 3.63) is 0 Å². The molecule has 2 heterocycles. The topological polar surface area (TPSA) is 110 Å². The summed E-state index contributed by atoms with van der Waals surface area (Å²) in [4.78, 5) is 10.8. The molecule has 18 heavy (non-hydrogen) atoms. The van der Waals surface area contributed by atoms with Gasteiger partial charge < -0.3 is 10.1 Å². The summed E-state index contributed by atoms with van der Waals surface area (Å²) < 4.78 is 31.2. The minimum absolute atomic E-state index is 0.158. The number of rotatable bonds is 4. The largest absolute Gasteiger partial charge is 0.380 e. The maximum Gasteiger partial charge on any atom is 0.270 e. The Hall–Kier alpha value is -1.10. The molecule has 1 unspecified atom stereocenters. The van der Waals surface area contributed by atoms with Crippen molar-refractivity contribution >= 4 is 32.4 Å². The van der Waals surface area contributed by atoms with Crippen LogP contribution in [-0.2, 0) is 19.6 Å². The second-order valence-electron chi connectivity index (χ2n) is 3.74. The lowest BCUT2D eigenvalue weighted by molar-refractivity contribution is -0.114. The first-order chi connectivity index (χ1) is 8.47. The zero-order chi connectivity index (χ0) is 13.2. The molecule has 1 saturated heterocycles. The SMILES string of the molecule is CC(=O)Nc1nnc(S(=O)(=O)NC2CCOC2)s1. The molecule has 1 aliphatic heterocycles. The fourth-order valence-electron chi connectivity index (χ4n) is 1.42. The van der Waals surface area contributed by atoms with Crippen LogP contribution in [0.4, 0.5) is 5.13 Å². The average molecular weight is 292 g/mol. The molecule has 0 saturated carbocycles. The number of sulfonamides is 1. The highest BCUT2D eigenvalue weighted by Gasteiger charge is 2.26. The molecule has 1 fully saturated rings. The standard InChI is InChI=1S/C8H12N4O4S2/c1-5(13)9-7-10-11-8(17-7)18(14,15)12-6-2-3-16-4-6/h6,12H,2-4H2,1H3,(H,9,10,13). The van der Waals surface area contributed by atoms with Crippen molar-refractivity contribution in [2.24, 2.45) is 0 Å². The number of amides is 1. The highest BCUT2D eigenvalue weighted by atomic mass is 32.2. The maximum atomic E-state index is 11.9. The number of aromatic nitrogens is 2. The lowest BCUT2D eigenvalue weighted by atomic mass is 10.3. The van der Waals surface area contributed by atoms with Crippen molar-refractivity contribution in [1.29, 1.82) is 0 Å². The lowest BCUT2D eigenvalue weighted by Crippen LogP contribution is -2.34. The van der Waals surface area contributed by atoms with E-state index in [0.29, 0.717) is 19.6 Å². The minimum Gasteiger partial charge on any atom is -0.380 e. The Morgan fingerprint density at radius 1 is 1.50 bits per heavy atom. The Labute approximate surface area is 108 Å². The first-order valence-electron chi connectivity index (χ1n) is 5.18. The van der Waals surface area contributed by atoms with Crippen LogP contribution in [0.2, 0.25) is 0 Å². The second-order valence-corrected chi connectivity index (χ2v) is 6.60. The van der Waals surface area contributed by atoms with Gasteiger partial charge in [0.15, 0.2) is 0 Å². The average Bonchev–Trinajstić information content (AvgIpc) is 2.87. The van der Waals surface area contributed by atoms with E-state index in [-0.39, 0.29) is 21.4 Å². The van der Waals surface area contributed by atoms with Gasteiger partial charge in [0.25, 0.3) is 10.0 Å². The van der Waals surface area contributed by atoms with Gasteiger partial charge in [-0.2, -0.15) is 0 Å². The lowest BCUT2D eigenvalue weighted by Gasteiger charge is -2.08. The van der Waals surface area contributed by atoms with E-state index >= 15 is 0 Å². The Bertz CT molecular complexity index is 535. The summed E-state index contributed by atoms with van der Waals surface area (Å²) in [5.41, 5.74) is 0. The monoisotopic (exact) mass is 292 g/mol.